The number of phenols is 1. The highest BCUT2D eigenvalue weighted by atomic mass is 79.9. The molecule has 0 fully saturated rings. The maximum absolute atomic E-state index is 10.9. The molecule has 1 aliphatic heterocycles. The largest absolute Gasteiger partial charge is 0.506 e. The molecule has 1 atom stereocenters. The molecule has 0 amide bonds. The second-order valence-electron chi connectivity index (χ2n) is 3.63. The first kappa shape index (κ1) is 11.9. The third kappa shape index (κ3) is 1.97. The van der Waals surface area contributed by atoms with Gasteiger partial charge in [-0.15, -0.1) is 0 Å². The van der Waals surface area contributed by atoms with Gasteiger partial charge in [-0.05, 0) is 55.5 Å². The van der Waals surface area contributed by atoms with Crippen LogP contribution in [-0.2, 0) is 17.8 Å². The highest BCUT2D eigenvalue weighted by molar-refractivity contribution is 9.11. The van der Waals surface area contributed by atoms with Crippen molar-refractivity contribution in [2.75, 3.05) is 0 Å². The van der Waals surface area contributed by atoms with Gasteiger partial charge in [0.1, 0.15) is 11.8 Å². The molecule has 16 heavy (non-hydrogen) atoms. The lowest BCUT2D eigenvalue weighted by atomic mass is 9.95. The molecule has 0 saturated carbocycles. The lowest BCUT2D eigenvalue weighted by Crippen LogP contribution is -2.41. The van der Waals surface area contributed by atoms with Gasteiger partial charge in [-0.3, -0.25) is 10.1 Å². The van der Waals surface area contributed by atoms with Gasteiger partial charge < -0.3 is 10.2 Å². The normalized spacial score (nSPS) is 19.2. The van der Waals surface area contributed by atoms with E-state index in [4.69, 9.17) is 5.11 Å². The summed E-state index contributed by atoms with van der Waals surface area (Å²) >= 11 is 6.54. The molecule has 0 bridgehead atoms. The first-order chi connectivity index (χ1) is 7.50. The van der Waals surface area contributed by atoms with Gasteiger partial charge in [-0.25, -0.2) is 0 Å². The standard InChI is InChI=1S/C10H9Br2NO3/c11-6-1-4-2-7(10(15)16)13-3-5(4)8(12)9(6)14/h1,7,13-14H,2-3H2,(H,15,16). The zero-order chi connectivity index (χ0) is 11.9. The number of phenolic OH excluding ortho intramolecular Hbond substituents is 1. The van der Waals surface area contributed by atoms with E-state index in [-0.39, 0.29) is 5.75 Å². The van der Waals surface area contributed by atoms with Crippen molar-refractivity contribution in [1.29, 1.82) is 0 Å². The molecule has 1 heterocycles. The van der Waals surface area contributed by atoms with Crippen LogP contribution in [0.2, 0.25) is 0 Å². The molecule has 0 spiro atoms. The number of carbonyl (C=O) groups is 1. The molecule has 86 valence electrons. The van der Waals surface area contributed by atoms with Gasteiger partial charge in [-0.1, -0.05) is 0 Å². The van der Waals surface area contributed by atoms with Crippen LogP contribution in [0, 0.1) is 0 Å². The van der Waals surface area contributed by atoms with Crippen LogP contribution in [0.15, 0.2) is 15.0 Å². The number of aromatic hydroxyl groups is 1. The monoisotopic (exact) mass is 349 g/mol. The highest BCUT2D eigenvalue weighted by Crippen LogP contribution is 2.38. The smallest absolute Gasteiger partial charge is 0.321 e. The fourth-order valence-electron chi connectivity index (χ4n) is 1.76. The van der Waals surface area contributed by atoms with Crippen LogP contribution in [0.5, 0.6) is 5.75 Å². The van der Waals surface area contributed by atoms with Gasteiger partial charge >= 0.3 is 5.97 Å². The third-order valence-corrected chi connectivity index (χ3v) is 4.09. The average molecular weight is 351 g/mol. The summed E-state index contributed by atoms with van der Waals surface area (Å²) in [6, 6.07) is 1.21. The van der Waals surface area contributed by atoms with Gasteiger partial charge in [0.2, 0.25) is 0 Å². The van der Waals surface area contributed by atoms with Gasteiger partial charge in [0.25, 0.3) is 0 Å². The molecule has 0 aliphatic carbocycles. The first-order valence-corrected chi connectivity index (χ1v) is 6.24. The van der Waals surface area contributed by atoms with Gasteiger partial charge in [-0.2, -0.15) is 0 Å². The molecule has 6 heteroatoms. The second kappa shape index (κ2) is 4.35. The summed E-state index contributed by atoms with van der Waals surface area (Å²) in [6.07, 6.45) is 0.419. The van der Waals surface area contributed by atoms with Crippen molar-refractivity contribution in [3.8, 4) is 5.75 Å². The number of aliphatic carboxylic acids is 1. The van der Waals surface area contributed by atoms with Crippen LogP contribution >= 0.6 is 31.9 Å². The number of carboxylic acid groups (broad SMARTS) is 1. The quantitative estimate of drug-likeness (QED) is 0.724. The Labute approximate surface area is 109 Å². The average Bonchev–Trinajstić information content (AvgIpc) is 2.25. The summed E-state index contributed by atoms with van der Waals surface area (Å²) in [7, 11) is 0. The fourth-order valence-corrected chi connectivity index (χ4v) is 3.11. The maximum atomic E-state index is 10.9. The van der Waals surface area contributed by atoms with Crippen molar-refractivity contribution in [3.05, 3.63) is 26.1 Å². The minimum atomic E-state index is -0.856. The summed E-state index contributed by atoms with van der Waals surface area (Å²) in [5.74, 6) is -0.708. The predicted octanol–water partition coefficient (Wildman–Crippen LogP) is 2.02. The van der Waals surface area contributed by atoms with Crippen LogP contribution in [-0.4, -0.2) is 22.2 Å². The lowest BCUT2D eigenvalue weighted by Gasteiger charge is -2.24. The maximum Gasteiger partial charge on any atom is 0.321 e. The number of fused-ring (bicyclic) bond motifs is 1. The van der Waals surface area contributed by atoms with E-state index in [0.717, 1.165) is 11.1 Å². The number of halogens is 2. The molecule has 2 rings (SSSR count). The van der Waals surface area contributed by atoms with Crippen LogP contribution in [0.4, 0.5) is 0 Å². The van der Waals surface area contributed by atoms with E-state index in [2.05, 4.69) is 37.2 Å². The molecule has 1 aromatic rings. The van der Waals surface area contributed by atoms with Gasteiger partial charge in [0.15, 0.2) is 0 Å². The Hall–Kier alpha value is -0.590. The molecular weight excluding hydrogens is 342 g/mol. The molecule has 1 aliphatic rings. The number of rotatable bonds is 1. The molecule has 3 N–H and O–H groups in total. The molecule has 0 saturated heterocycles. The van der Waals surface area contributed by atoms with Crippen molar-refractivity contribution in [2.45, 2.75) is 19.0 Å². The second-order valence-corrected chi connectivity index (χ2v) is 5.28. The summed E-state index contributed by atoms with van der Waals surface area (Å²) in [6.45, 7) is 0.438. The van der Waals surface area contributed by atoms with E-state index in [1.54, 1.807) is 6.07 Å². The van der Waals surface area contributed by atoms with Crippen LogP contribution < -0.4 is 5.32 Å². The predicted molar refractivity (Wildman–Crippen MR) is 65.5 cm³/mol. The van der Waals surface area contributed by atoms with Gasteiger partial charge in [0.05, 0.1) is 8.95 Å². The van der Waals surface area contributed by atoms with Crippen LogP contribution in [0.1, 0.15) is 11.1 Å². The minimum Gasteiger partial charge on any atom is -0.506 e. The number of carboxylic acids is 1. The number of hydrogen-bond acceptors (Lipinski definition) is 3. The molecule has 0 radical (unpaired) electrons. The minimum absolute atomic E-state index is 0.148. The molecule has 1 unspecified atom stereocenters. The molecule has 1 aromatic carbocycles. The highest BCUT2D eigenvalue weighted by Gasteiger charge is 2.26. The third-order valence-electron chi connectivity index (χ3n) is 2.64. The van der Waals surface area contributed by atoms with Crippen molar-refractivity contribution >= 4 is 37.8 Å². The Morgan fingerprint density at radius 3 is 2.81 bits per heavy atom. The zero-order valence-corrected chi connectivity index (χ0v) is 11.3. The van der Waals surface area contributed by atoms with Crippen LogP contribution in [0.25, 0.3) is 0 Å². The molecule has 4 nitrogen and oxygen atoms in total. The number of nitrogens with one attached hydrogen (secondary N) is 1. The number of hydrogen-bond donors (Lipinski definition) is 3. The van der Waals surface area contributed by atoms with Crippen molar-refractivity contribution in [1.82, 2.24) is 5.32 Å². The fraction of sp³-hybridized carbons (Fsp3) is 0.300. The Balaban J connectivity index is 2.44. The van der Waals surface area contributed by atoms with E-state index in [0.29, 0.717) is 21.9 Å². The first-order valence-electron chi connectivity index (χ1n) is 4.65. The van der Waals surface area contributed by atoms with E-state index in [1.807, 2.05) is 0 Å². The van der Waals surface area contributed by atoms with Crippen molar-refractivity contribution < 1.29 is 15.0 Å². The van der Waals surface area contributed by atoms with Gasteiger partial charge in [0, 0.05) is 6.54 Å². The lowest BCUT2D eigenvalue weighted by molar-refractivity contribution is -0.139. The Bertz CT molecular complexity index is 462. The van der Waals surface area contributed by atoms with E-state index >= 15 is 0 Å². The number of benzene rings is 1. The SMILES string of the molecule is O=C(O)C1Cc2cc(Br)c(O)c(Br)c2CN1. The Kier molecular flexibility index (Phi) is 3.23. The summed E-state index contributed by atoms with van der Waals surface area (Å²) in [5, 5.41) is 21.5. The van der Waals surface area contributed by atoms with Crippen LogP contribution in [0.3, 0.4) is 0 Å². The van der Waals surface area contributed by atoms with E-state index < -0.39 is 12.0 Å². The zero-order valence-electron chi connectivity index (χ0n) is 8.13. The molecule has 0 aromatic heterocycles. The Morgan fingerprint density at radius 2 is 2.19 bits per heavy atom. The molecular formula is C10H9Br2NO3. The summed E-state index contributed by atoms with van der Waals surface area (Å²) < 4.78 is 1.19. The van der Waals surface area contributed by atoms with E-state index in [9.17, 15) is 9.90 Å². The van der Waals surface area contributed by atoms with Crippen molar-refractivity contribution in [3.63, 3.8) is 0 Å². The topological polar surface area (TPSA) is 69.6 Å². The summed E-state index contributed by atoms with van der Waals surface area (Å²) in [5.41, 5.74) is 1.85. The summed E-state index contributed by atoms with van der Waals surface area (Å²) in [4.78, 5) is 10.9. The Morgan fingerprint density at radius 1 is 1.50 bits per heavy atom. The van der Waals surface area contributed by atoms with Crippen molar-refractivity contribution in [2.24, 2.45) is 0 Å². The van der Waals surface area contributed by atoms with E-state index in [1.165, 1.54) is 0 Å².